The number of carbonyl (C=O) groups excluding carboxylic acids is 1. The van der Waals surface area contributed by atoms with Gasteiger partial charge < -0.3 is 10.2 Å². The van der Waals surface area contributed by atoms with Gasteiger partial charge in [-0.2, -0.15) is 0 Å². The summed E-state index contributed by atoms with van der Waals surface area (Å²) in [5.74, 6) is 0.0435. The number of nitrogens with zero attached hydrogens (tertiary/aromatic N) is 2. The zero-order chi connectivity index (χ0) is 15.4. The number of hydrogen-bond acceptors (Lipinski definition) is 5. The molecule has 0 bridgehead atoms. The van der Waals surface area contributed by atoms with Gasteiger partial charge in [0.2, 0.25) is 0 Å². The molecule has 3 rings (SSSR count). The summed E-state index contributed by atoms with van der Waals surface area (Å²) < 4.78 is 0. The zero-order valence-electron chi connectivity index (χ0n) is 12.7. The molecule has 0 unspecified atom stereocenters. The quantitative estimate of drug-likeness (QED) is 0.912. The van der Waals surface area contributed by atoms with Crippen molar-refractivity contribution in [2.24, 2.45) is 0 Å². The lowest BCUT2D eigenvalue weighted by molar-refractivity contribution is 0.0945. The minimum absolute atomic E-state index is 0.0435. The van der Waals surface area contributed by atoms with Gasteiger partial charge in [-0.15, -0.1) is 22.7 Å². The summed E-state index contributed by atoms with van der Waals surface area (Å²) in [5.41, 5.74) is 0. The predicted octanol–water partition coefficient (Wildman–Crippen LogP) is 2.45. The first-order valence-electron chi connectivity index (χ1n) is 7.55. The van der Waals surface area contributed by atoms with E-state index >= 15 is 0 Å². The second-order valence-electron chi connectivity index (χ2n) is 5.54. The van der Waals surface area contributed by atoms with Gasteiger partial charge >= 0.3 is 0 Å². The van der Waals surface area contributed by atoms with E-state index in [1.807, 2.05) is 18.2 Å². The minimum Gasteiger partial charge on any atom is -0.350 e. The van der Waals surface area contributed by atoms with Gasteiger partial charge in [-0.25, -0.2) is 0 Å². The van der Waals surface area contributed by atoms with Gasteiger partial charge in [0.05, 0.1) is 4.88 Å². The van der Waals surface area contributed by atoms with E-state index < -0.39 is 0 Å². The highest BCUT2D eigenvalue weighted by Crippen LogP contribution is 2.31. The predicted molar refractivity (Wildman–Crippen MR) is 93.9 cm³/mol. The highest BCUT2D eigenvalue weighted by Gasteiger charge is 2.14. The second kappa shape index (κ2) is 7.37. The van der Waals surface area contributed by atoms with Crippen molar-refractivity contribution in [1.82, 2.24) is 15.1 Å². The normalized spacial score (nSPS) is 16.8. The molecule has 0 saturated carbocycles. The van der Waals surface area contributed by atoms with E-state index in [1.165, 1.54) is 9.75 Å². The number of piperazine rings is 1. The third kappa shape index (κ3) is 3.95. The van der Waals surface area contributed by atoms with Crippen molar-refractivity contribution in [2.75, 3.05) is 46.3 Å². The molecule has 6 heteroatoms. The van der Waals surface area contributed by atoms with Crippen LogP contribution in [-0.2, 0) is 0 Å². The summed E-state index contributed by atoms with van der Waals surface area (Å²) in [6, 6.07) is 8.08. The average molecular weight is 335 g/mol. The Morgan fingerprint density at radius 1 is 1.18 bits per heavy atom. The molecule has 22 heavy (non-hydrogen) atoms. The van der Waals surface area contributed by atoms with E-state index in [9.17, 15) is 4.79 Å². The molecule has 0 spiro atoms. The van der Waals surface area contributed by atoms with Crippen LogP contribution in [0.1, 0.15) is 9.67 Å². The van der Waals surface area contributed by atoms with Crippen molar-refractivity contribution in [3.05, 3.63) is 34.5 Å². The lowest BCUT2D eigenvalue weighted by Gasteiger charge is -2.32. The standard InChI is InChI=1S/C16H21N3OS2/c1-18-8-10-19(11-9-18)7-6-17-16(20)15-5-4-14(22-15)13-3-2-12-21-13/h2-5,12H,6-11H2,1H3,(H,17,20). The number of thiophene rings is 2. The molecule has 1 aliphatic heterocycles. The fraction of sp³-hybridized carbons (Fsp3) is 0.438. The topological polar surface area (TPSA) is 35.6 Å². The van der Waals surface area contributed by atoms with Crippen molar-refractivity contribution < 1.29 is 4.79 Å². The smallest absolute Gasteiger partial charge is 0.261 e. The molecule has 0 atom stereocenters. The number of rotatable bonds is 5. The largest absolute Gasteiger partial charge is 0.350 e. The summed E-state index contributed by atoms with van der Waals surface area (Å²) in [6.45, 7) is 6.06. The van der Waals surface area contributed by atoms with Crippen LogP contribution in [0.15, 0.2) is 29.6 Å². The van der Waals surface area contributed by atoms with Crippen molar-refractivity contribution in [2.45, 2.75) is 0 Å². The molecule has 3 heterocycles. The summed E-state index contributed by atoms with van der Waals surface area (Å²) in [4.78, 5) is 20.1. The van der Waals surface area contributed by atoms with Crippen LogP contribution in [0.25, 0.3) is 9.75 Å². The SMILES string of the molecule is CN1CCN(CCNC(=O)c2ccc(-c3cccs3)s2)CC1. The Labute approximate surface area is 139 Å². The molecule has 1 N–H and O–H groups in total. The molecular weight excluding hydrogens is 314 g/mol. The Morgan fingerprint density at radius 2 is 2.00 bits per heavy atom. The Kier molecular flexibility index (Phi) is 5.25. The summed E-state index contributed by atoms with van der Waals surface area (Å²) >= 11 is 3.27. The first-order valence-corrected chi connectivity index (χ1v) is 9.25. The molecule has 0 aliphatic carbocycles. The van der Waals surface area contributed by atoms with Gasteiger partial charge in [0.1, 0.15) is 0 Å². The van der Waals surface area contributed by atoms with Crippen LogP contribution < -0.4 is 5.32 Å². The molecule has 118 valence electrons. The highest BCUT2D eigenvalue weighted by molar-refractivity contribution is 7.22. The van der Waals surface area contributed by atoms with E-state index in [4.69, 9.17) is 0 Å². The van der Waals surface area contributed by atoms with E-state index in [0.29, 0.717) is 0 Å². The molecule has 0 radical (unpaired) electrons. The second-order valence-corrected chi connectivity index (χ2v) is 7.57. The van der Waals surface area contributed by atoms with E-state index in [1.54, 1.807) is 22.7 Å². The fourth-order valence-corrected chi connectivity index (χ4v) is 4.25. The van der Waals surface area contributed by atoms with Gasteiger partial charge in [0.15, 0.2) is 0 Å². The number of amides is 1. The lowest BCUT2D eigenvalue weighted by atomic mass is 10.3. The van der Waals surface area contributed by atoms with Gasteiger partial charge in [-0.05, 0) is 30.6 Å². The average Bonchev–Trinajstić information content (AvgIpc) is 3.20. The van der Waals surface area contributed by atoms with Gasteiger partial charge in [0, 0.05) is 49.0 Å². The van der Waals surface area contributed by atoms with Crippen molar-refractivity contribution in [3.8, 4) is 9.75 Å². The third-order valence-corrected chi connectivity index (χ3v) is 6.05. The van der Waals surface area contributed by atoms with Crippen LogP contribution in [0.2, 0.25) is 0 Å². The van der Waals surface area contributed by atoms with Gasteiger partial charge in [-0.1, -0.05) is 6.07 Å². The Bertz CT molecular complexity index is 601. The van der Waals surface area contributed by atoms with E-state index in [0.717, 1.165) is 44.1 Å². The molecule has 1 amide bonds. The highest BCUT2D eigenvalue weighted by atomic mass is 32.1. The molecule has 2 aromatic rings. The van der Waals surface area contributed by atoms with Crippen LogP contribution in [0, 0.1) is 0 Å². The maximum Gasteiger partial charge on any atom is 0.261 e. The van der Waals surface area contributed by atoms with Gasteiger partial charge in [0.25, 0.3) is 5.91 Å². The number of hydrogen-bond donors (Lipinski definition) is 1. The zero-order valence-corrected chi connectivity index (χ0v) is 14.4. The fourth-order valence-electron chi connectivity index (χ4n) is 2.50. The molecular formula is C16H21N3OS2. The summed E-state index contributed by atoms with van der Waals surface area (Å²) in [5, 5.41) is 5.10. The number of likely N-dealkylation sites (N-methyl/N-ethyl adjacent to an activating group) is 1. The first kappa shape index (κ1) is 15.7. The Balaban J connectivity index is 1.46. The molecule has 4 nitrogen and oxygen atoms in total. The van der Waals surface area contributed by atoms with Crippen LogP contribution in [0.5, 0.6) is 0 Å². The van der Waals surface area contributed by atoms with Crippen molar-refractivity contribution in [3.63, 3.8) is 0 Å². The maximum absolute atomic E-state index is 12.2. The monoisotopic (exact) mass is 335 g/mol. The van der Waals surface area contributed by atoms with Crippen molar-refractivity contribution >= 4 is 28.6 Å². The van der Waals surface area contributed by atoms with Crippen LogP contribution in [0.3, 0.4) is 0 Å². The molecule has 1 fully saturated rings. The summed E-state index contributed by atoms with van der Waals surface area (Å²) in [6.07, 6.45) is 0. The first-order chi connectivity index (χ1) is 10.7. The molecule has 1 aliphatic rings. The van der Waals surface area contributed by atoms with Crippen LogP contribution >= 0.6 is 22.7 Å². The van der Waals surface area contributed by atoms with E-state index in [-0.39, 0.29) is 5.91 Å². The van der Waals surface area contributed by atoms with E-state index in [2.05, 4.69) is 33.6 Å². The van der Waals surface area contributed by atoms with Crippen LogP contribution in [-0.4, -0.2) is 62.0 Å². The Morgan fingerprint density at radius 3 is 2.73 bits per heavy atom. The lowest BCUT2D eigenvalue weighted by Crippen LogP contribution is -2.46. The summed E-state index contributed by atoms with van der Waals surface area (Å²) in [7, 11) is 2.15. The third-order valence-electron chi connectivity index (χ3n) is 3.90. The molecule has 0 aromatic carbocycles. The van der Waals surface area contributed by atoms with Crippen LogP contribution in [0.4, 0.5) is 0 Å². The minimum atomic E-state index is 0.0435. The Hall–Kier alpha value is -1.21. The maximum atomic E-state index is 12.2. The molecule has 1 saturated heterocycles. The molecule has 2 aromatic heterocycles. The number of carbonyl (C=O) groups is 1. The van der Waals surface area contributed by atoms with Gasteiger partial charge in [-0.3, -0.25) is 9.69 Å². The number of nitrogens with one attached hydrogen (secondary N) is 1. The van der Waals surface area contributed by atoms with Crippen molar-refractivity contribution in [1.29, 1.82) is 0 Å².